The third-order valence-electron chi connectivity index (χ3n) is 12.6. The summed E-state index contributed by atoms with van der Waals surface area (Å²) >= 11 is 0. The number of nitrogens with one attached hydrogen (secondary N) is 6. The molecule has 9 N–H and O–H groups in total. The molecule has 6 rings (SSSR count). The lowest BCUT2D eigenvalue weighted by Gasteiger charge is -2.32. The molecule has 0 radical (unpaired) electrons. The van der Waals surface area contributed by atoms with Gasteiger partial charge >= 0.3 is 0 Å². The standard InChI is InChI=1S/C45H66F2N10O8/c1-26(48-3)42(60)52-36(8-7-14-64-5)44(62)54-22-32(58)18-30(54)20-50-38-24-56(40-16-28(46)9-11-34(38)40)57-25-39(35-12-10-29(47)17-41(35)57)51-21-31-19-33(59)23-55(31)45(63)37(13-15-65-6)53-43(61)27(2)49-4/h9-12,16-17,24-27,30-33,36-37,42,48-52,58-60H,7-8,13-15,18-23H2,1-6H3,(H,53,61)/t26-,27-,30-,31-,32-,33-,36-,37-,42?/m0/s1. The van der Waals surface area contributed by atoms with E-state index in [1.807, 2.05) is 0 Å². The Morgan fingerprint density at radius 3 is 1.74 bits per heavy atom. The number of amides is 3. The highest BCUT2D eigenvalue weighted by Crippen LogP contribution is 2.33. The molecule has 0 spiro atoms. The lowest BCUT2D eigenvalue weighted by atomic mass is 10.1. The Morgan fingerprint density at radius 1 is 0.754 bits per heavy atom. The van der Waals surface area contributed by atoms with Crippen molar-refractivity contribution < 1.29 is 48.0 Å². The smallest absolute Gasteiger partial charge is 0.245 e. The minimum atomic E-state index is -1.01. The molecule has 4 aromatic rings. The number of rotatable bonds is 23. The van der Waals surface area contributed by atoms with Crippen LogP contribution in [0.5, 0.6) is 0 Å². The van der Waals surface area contributed by atoms with Gasteiger partial charge in [0, 0.05) is 82.6 Å². The monoisotopic (exact) mass is 913 g/mol. The Hall–Kier alpha value is -4.93. The number of β-amino-alcohol motifs (C(OH)–C–C–N with tert-alkyl or cyclic N) is 2. The van der Waals surface area contributed by atoms with E-state index < -0.39 is 60.3 Å². The van der Waals surface area contributed by atoms with Crippen LogP contribution in [0.4, 0.5) is 20.2 Å². The maximum atomic E-state index is 15.1. The molecule has 2 aromatic carbocycles. The van der Waals surface area contributed by atoms with Crippen LogP contribution in [0.25, 0.3) is 21.8 Å². The number of nitrogens with zero attached hydrogens (tertiary/aromatic N) is 4. The maximum Gasteiger partial charge on any atom is 0.245 e. The summed E-state index contributed by atoms with van der Waals surface area (Å²) in [6.45, 7) is 4.78. The molecule has 2 fully saturated rings. The van der Waals surface area contributed by atoms with E-state index in [9.17, 15) is 29.7 Å². The first-order chi connectivity index (χ1) is 31.2. The van der Waals surface area contributed by atoms with E-state index in [0.717, 1.165) is 0 Å². The van der Waals surface area contributed by atoms with Crippen molar-refractivity contribution in [1.82, 2.24) is 40.4 Å². The molecule has 358 valence electrons. The molecule has 18 nitrogen and oxygen atoms in total. The van der Waals surface area contributed by atoms with Crippen LogP contribution in [0.15, 0.2) is 48.8 Å². The summed E-state index contributed by atoms with van der Waals surface area (Å²) in [6.07, 6.45) is 2.75. The van der Waals surface area contributed by atoms with Crippen molar-refractivity contribution in [1.29, 1.82) is 0 Å². The molecule has 3 amide bonds. The minimum Gasteiger partial charge on any atom is -0.391 e. The molecular weight excluding hydrogens is 847 g/mol. The van der Waals surface area contributed by atoms with Crippen molar-refractivity contribution >= 4 is 50.9 Å². The van der Waals surface area contributed by atoms with E-state index in [-0.39, 0.29) is 69.4 Å². The van der Waals surface area contributed by atoms with Gasteiger partial charge in [-0.15, -0.1) is 0 Å². The average molecular weight is 913 g/mol. The number of fused-ring (bicyclic) bond motifs is 2. The van der Waals surface area contributed by atoms with Crippen LogP contribution in [-0.2, 0) is 23.9 Å². The highest BCUT2D eigenvalue weighted by Gasteiger charge is 2.39. The lowest BCUT2D eigenvalue weighted by Crippen LogP contribution is -2.56. The van der Waals surface area contributed by atoms with Gasteiger partial charge in [0.15, 0.2) is 0 Å². The zero-order valence-electron chi connectivity index (χ0n) is 38.0. The molecule has 20 heteroatoms. The molecule has 2 saturated heterocycles. The molecule has 1 unspecified atom stereocenters. The molecule has 0 aliphatic carbocycles. The van der Waals surface area contributed by atoms with Crippen molar-refractivity contribution in [2.75, 3.05) is 78.3 Å². The van der Waals surface area contributed by atoms with Crippen molar-refractivity contribution in [3.8, 4) is 0 Å². The Kier molecular flexibility index (Phi) is 17.1. The Labute approximate surface area is 377 Å². The van der Waals surface area contributed by atoms with Crippen molar-refractivity contribution in [2.45, 2.75) is 101 Å². The SMILES string of the molecule is CN[C@@H](C)C(=O)N[C@@H](CCOC)C(=O)N1C[C@@H](O)C[C@H]1CNc1cn(-n2cc(NC[C@@H]3C[C@H](O)CN3C(=O)[C@H](CCCOC)NC(O)[C@H](C)NC)c3ccc(F)cc32)c2cc(F)ccc12. The predicted octanol–water partition coefficient (Wildman–Crippen LogP) is 1.37. The number of hydrogen-bond donors (Lipinski definition) is 9. The number of likely N-dealkylation sites (N-methyl/N-ethyl adjacent to an activating group) is 2. The summed E-state index contributed by atoms with van der Waals surface area (Å²) in [6, 6.07) is 5.33. The van der Waals surface area contributed by atoms with Gasteiger partial charge in [-0.1, -0.05) is 0 Å². The van der Waals surface area contributed by atoms with E-state index in [1.165, 1.54) is 31.4 Å². The first-order valence-electron chi connectivity index (χ1n) is 22.3. The summed E-state index contributed by atoms with van der Waals surface area (Å²) in [4.78, 5) is 44.1. The molecule has 2 aromatic heterocycles. The molecule has 65 heavy (non-hydrogen) atoms. The van der Waals surface area contributed by atoms with Gasteiger partial charge in [-0.2, -0.15) is 0 Å². The van der Waals surface area contributed by atoms with Gasteiger partial charge in [-0.3, -0.25) is 29.1 Å². The number of aliphatic hydroxyl groups excluding tert-OH is 3. The Bertz CT molecular complexity index is 2240. The molecule has 0 bridgehead atoms. The summed E-state index contributed by atoms with van der Waals surface area (Å²) < 4.78 is 44.0. The largest absolute Gasteiger partial charge is 0.391 e. The highest BCUT2D eigenvalue weighted by molar-refractivity contribution is 5.96. The molecule has 4 heterocycles. The normalized spacial score (nSPS) is 21.2. The number of aromatic nitrogens is 2. The lowest BCUT2D eigenvalue weighted by molar-refractivity contribution is -0.138. The summed E-state index contributed by atoms with van der Waals surface area (Å²) in [5.41, 5.74) is 2.11. The van der Waals surface area contributed by atoms with Crippen LogP contribution >= 0.6 is 0 Å². The zero-order chi connectivity index (χ0) is 46.9. The first-order valence-corrected chi connectivity index (χ1v) is 22.3. The second-order valence-corrected chi connectivity index (χ2v) is 17.2. The average Bonchev–Trinajstić information content (AvgIpc) is 4.06. The van der Waals surface area contributed by atoms with Gasteiger partial charge in [0.05, 0.1) is 71.2 Å². The van der Waals surface area contributed by atoms with Crippen LogP contribution < -0.4 is 31.9 Å². The fourth-order valence-corrected chi connectivity index (χ4v) is 8.71. The predicted molar refractivity (Wildman–Crippen MR) is 243 cm³/mol. The van der Waals surface area contributed by atoms with Gasteiger partial charge in [0.25, 0.3) is 0 Å². The number of anilines is 2. The van der Waals surface area contributed by atoms with Gasteiger partial charge in [-0.05, 0) is 84.3 Å². The Morgan fingerprint density at radius 2 is 1.26 bits per heavy atom. The van der Waals surface area contributed by atoms with E-state index in [0.29, 0.717) is 59.0 Å². The molecule has 0 saturated carbocycles. The van der Waals surface area contributed by atoms with Gasteiger partial charge in [0.1, 0.15) is 23.9 Å². The number of aliphatic hydroxyl groups is 3. The third kappa shape index (κ3) is 11.7. The molecule has 2 aliphatic rings. The summed E-state index contributed by atoms with van der Waals surface area (Å²) in [5.74, 6) is -1.93. The Balaban J connectivity index is 1.25. The van der Waals surface area contributed by atoms with E-state index >= 15 is 8.78 Å². The fourth-order valence-electron chi connectivity index (χ4n) is 8.71. The van der Waals surface area contributed by atoms with E-state index in [2.05, 4.69) is 31.9 Å². The third-order valence-corrected chi connectivity index (χ3v) is 12.6. The number of benzene rings is 2. The number of ether oxygens (including phenoxy) is 2. The quantitative estimate of drug-likeness (QED) is 0.0380. The number of likely N-dealkylation sites (tertiary alicyclic amines) is 2. The molecular formula is C45H66F2N10O8. The summed E-state index contributed by atoms with van der Waals surface area (Å²) in [5, 5.41) is 52.3. The maximum absolute atomic E-state index is 15.1. The minimum absolute atomic E-state index is 0.0758. The van der Waals surface area contributed by atoms with Crippen LogP contribution in [0.2, 0.25) is 0 Å². The number of carbonyl (C=O) groups excluding carboxylic acids is 3. The highest BCUT2D eigenvalue weighted by atomic mass is 19.1. The molecule has 2 aliphatic heterocycles. The number of halogens is 2. The zero-order valence-corrected chi connectivity index (χ0v) is 38.0. The van der Waals surface area contributed by atoms with Crippen LogP contribution in [0.1, 0.15) is 46.0 Å². The van der Waals surface area contributed by atoms with Gasteiger partial charge in [-0.25, -0.2) is 8.78 Å². The second-order valence-electron chi connectivity index (χ2n) is 17.2. The van der Waals surface area contributed by atoms with Crippen molar-refractivity contribution in [3.05, 3.63) is 60.4 Å². The van der Waals surface area contributed by atoms with E-state index in [4.69, 9.17) is 9.47 Å². The van der Waals surface area contributed by atoms with Gasteiger partial charge in [0.2, 0.25) is 17.7 Å². The van der Waals surface area contributed by atoms with Crippen molar-refractivity contribution in [2.24, 2.45) is 0 Å². The fraction of sp³-hybridized carbons (Fsp3) is 0.578. The second kappa shape index (κ2) is 22.5. The number of hydrogen-bond acceptors (Lipinski definition) is 13. The van der Waals surface area contributed by atoms with Crippen LogP contribution in [-0.4, -0.2) is 175 Å². The van der Waals surface area contributed by atoms with E-state index in [1.54, 1.807) is 78.7 Å². The number of carbonyl (C=O) groups is 3. The summed E-state index contributed by atoms with van der Waals surface area (Å²) in [7, 11) is 6.46. The van der Waals surface area contributed by atoms with Crippen LogP contribution in [0.3, 0.4) is 0 Å². The number of methoxy groups -OCH3 is 2. The van der Waals surface area contributed by atoms with Crippen molar-refractivity contribution in [3.63, 3.8) is 0 Å². The topological polar surface area (TPSA) is 219 Å². The van der Waals surface area contributed by atoms with Gasteiger partial charge < -0.3 is 61.2 Å². The first kappa shape index (κ1) is 49.5. The van der Waals surface area contributed by atoms with Crippen LogP contribution in [0, 0.1) is 11.6 Å². The molecule has 9 atom stereocenters.